The molecule has 1 unspecified atom stereocenters. The van der Waals surface area contributed by atoms with Gasteiger partial charge in [0.05, 0.1) is 19.8 Å². The third-order valence-corrected chi connectivity index (χ3v) is 7.70. The first-order valence-electron chi connectivity index (χ1n) is 11.5. The Balaban J connectivity index is 1.71. The molecule has 0 fully saturated rings. The van der Waals surface area contributed by atoms with Crippen LogP contribution in [0.1, 0.15) is 47.8 Å². The minimum absolute atomic E-state index is 0.105. The Morgan fingerprint density at radius 1 is 1.28 bits per heavy atom. The third kappa shape index (κ3) is 6.35. The van der Waals surface area contributed by atoms with Gasteiger partial charge in [-0.15, -0.1) is 0 Å². The number of esters is 1. The number of rotatable bonds is 12. The zero-order valence-corrected chi connectivity index (χ0v) is 22.0. The lowest BCUT2D eigenvalue weighted by Crippen LogP contribution is -2.32. The summed E-state index contributed by atoms with van der Waals surface area (Å²) in [5.41, 5.74) is 2.82. The van der Waals surface area contributed by atoms with Crippen LogP contribution in [-0.4, -0.2) is 43.0 Å². The van der Waals surface area contributed by atoms with Crippen LogP contribution in [0.15, 0.2) is 42.0 Å². The quantitative estimate of drug-likeness (QED) is 0.235. The molecule has 0 saturated heterocycles. The molecule has 1 heterocycles. The minimum Gasteiger partial charge on any atom is -0.507 e. The molecule has 0 spiro atoms. The Bertz CT molecular complexity index is 1210. The van der Waals surface area contributed by atoms with Crippen molar-refractivity contribution < 1.29 is 38.0 Å². The average Bonchev–Trinajstić information content (AvgIpc) is 3.22. The molecule has 0 aromatic heterocycles. The van der Waals surface area contributed by atoms with Crippen LogP contribution < -0.4 is 14.3 Å². The topological polar surface area (TPSA) is 120 Å². The Hall–Kier alpha value is -3.13. The van der Waals surface area contributed by atoms with E-state index in [1.807, 2.05) is 26.0 Å². The molecule has 194 valence electrons. The number of para-hydroxylation sites is 1. The Morgan fingerprint density at radius 2 is 1.97 bits per heavy atom. The molecule has 2 atom stereocenters. The van der Waals surface area contributed by atoms with Crippen molar-refractivity contribution >= 4 is 19.3 Å². The standard InChI is InChI=1S/C26H32NO8P/c1-16(11-12-21-24(29)23-22(14-34-26(23)30)17(2)25(21)32-5)13-33-15-36(31,27-18(3)19(4)28)35-20-9-7-6-8-10-20/h6-11,18,29H,12-15H2,1-5H3,(H,27,31)/b16-11+/t18-,36?/m0/s1. The average molecular weight is 518 g/mol. The number of carbonyl (C=O) groups excluding carboxylic acids is 2. The summed E-state index contributed by atoms with van der Waals surface area (Å²) in [5.74, 6) is 0.0130. The molecule has 2 N–H and O–H groups in total. The number of ether oxygens (including phenoxy) is 3. The van der Waals surface area contributed by atoms with E-state index < -0.39 is 19.5 Å². The van der Waals surface area contributed by atoms with Gasteiger partial charge in [-0.3, -0.25) is 9.36 Å². The van der Waals surface area contributed by atoms with Gasteiger partial charge in [-0.1, -0.05) is 29.8 Å². The highest BCUT2D eigenvalue weighted by molar-refractivity contribution is 7.57. The van der Waals surface area contributed by atoms with Crippen LogP contribution in [0.5, 0.6) is 17.2 Å². The number of ketones is 1. The van der Waals surface area contributed by atoms with Crippen molar-refractivity contribution in [2.24, 2.45) is 0 Å². The predicted molar refractivity (Wildman–Crippen MR) is 135 cm³/mol. The van der Waals surface area contributed by atoms with Gasteiger partial charge in [-0.05, 0) is 51.8 Å². The van der Waals surface area contributed by atoms with Crippen LogP contribution in [0.25, 0.3) is 0 Å². The molecule has 0 saturated carbocycles. The Morgan fingerprint density at radius 3 is 2.61 bits per heavy atom. The maximum Gasteiger partial charge on any atom is 0.342 e. The molecule has 36 heavy (non-hydrogen) atoms. The first kappa shape index (κ1) is 27.5. The number of hydrogen-bond acceptors (Lipinski definition) is 8. The predicted octanol–water partition coefficient (Wildman–Crippen LogP) is 4.68. The molecule has 1 aliphatic rings. The summed E-state index contributed by atoms with van der Waals surface area (Å²) >= 11 is 0. The zero-order chi connectivity index (χ0) is 26.5. The highest BCUT2D eigenvalue weighted by Crippen LogP contribution is 2.44. The number of benzene rings is 2. The monoisotopic (exact) mass is 517 g/mol. The highest BCUT2D eigenvalue weighted by Gasteiger charge is 2.32. The molecule has 2 aromatic carbocycles. The molecular weight excluding hydrogens is 485 g/mol. The number of phenolic OH excluding ortho intramolecular Hbond substituents is 1. The zero-order valence-electron chi connectivity index (χ0n) is 21.1. The van der Waals surface area contributed by atoms with Crippen molar-refractivity contribution in [2.75, 3.05) is 20.1 Å². The fourth-order valence-electron chi connectivity index (χ4n) is 3.82. The summed E-state index contributed by atoms with van der Waals surface area (Å²) in [6.45, 7) is 6.90. The van der Waals surface area contributed by atoms with Gasteiger partial charge < -0.3 is 23.8 Å². The smallest absolute Gasteiger partial charge is 0.342 e. The lowest BCUT2D eigenvalue weighted by Gasteiger charge is -2.23. The second-order valence-electron chi connectivity index (χ2n) is 8.69. The van der Waals surface area contributed by atoms with E-state index in [1.165, 1.54) is 14.0 Å². The number of Topliss-reactive ketones (excluding diaryl/α,β-unsaturated/α-hetero) is 1. The molecule has 2 aromatic rings. The molecule has 0 bridgehead atoms. The molecule has 1 aliphatic heterocycles. The summed E-state index contributed by atoms with van der Waals surface area (Å²) in [6, 6.07) is 7.99. The fraction of sp³-hybridized carbons (Fsp3) is 0.385. The van der Waals surface area contributed by atoms with E-state index in [0.717, 1.165) is 11.1 Å². The molecule has 3 rings (SSSR count). The fourth-order valence-corrected chi connectivity index (χ4v) is 5.56. The maximum atomic E-state index is 13.4. The van der Waals surface area contributed by atoms with Gasteiger partial charge in [0.2, 0.25) is 0 Å². The van der Waals surface area contributed by atoms with E-state index in [4.69, 9.17) is 18.7 Å². The number of cyclic esters (lactones) is 1. The minimum atomic E-state index is -3.56. The number of fused-ring (bicyclic) bond motifs is 1. The van der Waals surface area contributed by atoms with E-state index in [0.29, 0.717) is 22.6 Å². The van der Waals surface area contributed by atoms with Crippen LogP contribution in [0.2, 0.25) is 0 Å². The molecule has 10 heteroatoms. The highest BCUT2D eigenvalue weighted by atomic mass is 31.2. The second-order valence-corrected chi connectivity index (χ2v) is 10.7. The first-order chi connectivity index (χ1) is 17.1. The molecule has 0 amide bonds. The van der Waals surface area contributed by atoms with E-state index in [1.54, 1.807) is 31.2 Å². The van der Waals surface area contributed by atoms with E-state index in [9.17, 15) is 19.3 Å². The third-order valence-electron chi connectivity index (χ3n) is 5.89. The number of methoxy groups -OCH3 is 1. The lowest BCUT2D eigenvalue weighted by molar-refractivity contribution is -0.118. The van der Waals surface area contributed by atoms with Gasteiger partial charge >= 0.3 is 13.5 Å². The van der Waals surface area contributed by atoms with Gasteiger partial charge in [0.25, 0.3) is 0 Å². The van der Waals surface area contributed by atoms with E-state index in [-0.39, 0.29) is 43.1 Å². The number of allylic oxidation sites excluding steroid dienone is 1. The summed E-state index contributed by atoms with van der Waals surface area (Å²) in [6.07, 6.45) is 1.85. The van der Waals surface area contributed by atoms with E-state index >= 15 is 0 Å². The van der Waals surface area contributed by atoms with Crippen molar-refractivity contribution in [3.05, 3.63) is 64.2 Å². The Labute approximate surface area is 210 Å². The number of nitrogens with one attached hydrogen (secondary N) is 1. The van der Waals surface area contributed by atoms with Crippen molar-refractivity contribution in [2.45, 2.75) is 46.8 Å². The normalized spacial score (nSPS) is 15.6. The van der Waals surface area contributed by atoms with E-state index in [2.05, 4.69) is 5.09 Å². The summed E-state index contributed by atoms with van der Waals surface area (Å²) in [4.78, 5) is 23.8. The van der Waals surface area contributed by atoms with Crippen LogP contribution in [0.3, 0.4) is 0 Å². The summed E-state index contributed by atoms with van der Waals surface area (Å²) < 4.78 is 35.4. The molecular formula is C26H32NO8P. The largest absolute Gasteiger partial charge is 0.507 e. The van der Waals surface area contributed by atoms with Gasteiger partial charge in [-0.2, -0.15) is 0 Å². The lowest BCUT2D eigenvalue weighted by atomic mass is 9.95. The van der Waals surface area contributed by atoms with Crippen molar-refractivity contribution in [1.29, 1.82) is 0 Å². The van der Waals surface area contributed by atoms with Gasteiger partial charge in [0.15, 0.2) is 0 Å². The van der Waals surface area contributed by atoms with Crippen LogP contribution in [0.4, 0.5) is 0 Å². The van der Waals surface area contributed by atoms with Crippen molar-refractivity contribution in [1.82, 2.24) is 5.09 Å². The molecule has 0 aliphatic carbocycles. The first-order valence-corrected chi connectivity index (χ1v) is 13.3. The number of phenols is 1. The Kier molecular flexibility index (Phi) is 8.95. The van der Waals surface area contributed by atoms with Crippen LogP contribution >= 0.6 is 7.52 Å². The molecule has 9 nitrogen and oxygen atoms in total. The van der Waals surface area contributed by atoms with Gasteiger partial charge in [0, 0.05) is 11.1 Å². The SMILES string of the molecule is COc1c(C)c2c(c(O)c1C/C=C(\C)COCP(=O)(N[C@@H](C)C(C)=O)Oc1ccccc1)C(=O)OC2. The van der Waals surface area contributed by atoms with Crippen molar-refractivity contribution in [3.63, 3.8) is 0 Å². The number of aromatic hydroxyl groups is 1. The summed E-state index contributed by atoms with van der Waals surface area (Å²) in [5, 5.41) is 13.5. The van der Waals surface area contributed by atoms with Crippen LogP contribution in [-0.2, 0) is 31.9 Å². The van der Waals surface area contributed by atoms with Crippen LogP contribution in [0, 0.1) is 6.92 Å². The maximum absolute atomic E-state index is 13.4. The van der Waals surface area contributed by atoms with Gasteiger partial charge in [-0.25, -0.2) is 9.88 Å². The molecule has 0 radical (unpaired) electrons. The number of hydrogen-bond donors (Lipinski definition) is 2. The second kappa shape index (κ2) is 11.7. The van der Waals surface area contributed by atoms with Gasteiger partial charge in [0.1, 0.15) is 41.6 Å². The number of carbonyl (C=O) groups is 2. The summed E-state index contributed by atoms with van der Waals surface area (Å²) in [7, 11) is -2.05. The van der Waals surface area contributed by atoms with Crippen molar-refractivity contribution in [3.8, 4) is 17.2 Å².